The minimum Gasteiger partial charge on any atom is -0.370 e. The molecule has 3 rings (SSSR count). The van der Waals surface area contributed by atoms with E-state index in [1.165, 1.54) is 10.4 Å². The van der Waals surface area contributed by atoms with Crippen molar-refractivity contribution in [2.45, 2.75) is 12.6 Å². The third-order valence-electron chi connectivity index (χ3n) is 3.21. The van der Waals surface area contributed by atoms with E-state index < -0.39 is 0 Å². The van der Waals surface area contributed by atoms with Crippen LogP contribution in [0.1, 0.15) is 16.5 Å². The van der Waals surface area contributed by atoms with Gasteiger partial charge in [0, 0.05) is 11.4 Å². The molecule has 0 fully saturated rings. The van der Waals surface area contributed by atoms with Crippen molar-refractivity contribution in [3.05, 3.63) is 56.7 Å². The Morgan fingerprint density at radius 2 is 2.05 bits per heavy atom. The molecule has 0 radical (unpaired) electrons. The molecule has 2 N–H and O–H groups in total. The maximum Gasteiger partial charge on any atom is 0.192 e. The van der Waals surface area contributed by atoms with Gasteiger partial charge in [0.2, 0.25) is 0 Å². The molecule has 5 heteroatoms. The fourth-order valence-electron chi connectivity index (χ4n) is 2.25. The predicted molar refractivity (Wildman–Crippen MR) is 83.2 cm³/mol. The summed E-state index contributed by atoms with van der Waals surface area (Å²) < 4.78 is 1.15. The van der Waals surface area contributed by atoms with Gasteiger partial charge in [0.05, 0.1) is 16.4 Å². The molecule has 2 aromatic rings. The van der Waals surface area contributed by atoms with E-state index in [0.717, 1.165) is 16.9 Å². The van der Waals surface area contributed by atoms with E-state index in [0.29, 0.717) is 5.96 Å². The van der Waals surface area contributed by atoms with Crippen LogP contribution in [0.4, 0.5) is 0 Å². The molecule has 1 aliphatic rings. The molecule has 0 saturated heterocycles. The Morgan fingerprint density at radius 1 is 1.26 bits per heavy atom. The zero-order valence-electron chi connectivity index (χ0n) is 10.3. The van der Waals surface area contributed by atoms with Gasteiger partial charge >= 0.3 is 0 Å². The highest BCUT2D eigenvalue weighted by Crippen LogP contribution is 2.34. The molecule has 1 aliphatic heterocycles. The third kappa shape index (κ3) is 2.67. The van der Waals surface area contributed by atoms with Crippen LogP contribution in [0.2, 0.25) is 0 Å². The molecule has 3 nitrogen and oxygen atoms in total. The Balaban J connectivity index is 1.83. The van der Waals surface area contributed by atoms with Crippen LogP contribution in [-0.4, -0.2) is 17.4 Å². The lowest BCUT2D eigenvalue weighted by molar-refractivity contribution is 0.345. The largest absolute Gasteiger partial charge is 0.370 e. The fraction of sp³-hybridized carbons (Fsp3) is 0.214. The first kappa shape index (κ1) is 12.7. The standard InChI is InChI=1S/C14H14BrN3S/c15-13-7-6-12(19-13)11-8-17-14(16)18(11)9-10-4-2-1-3-5-10/h1-7,11H,8-9H2,(H2,16,17). The number of halogens is 1. The maximum atomic E-state index is 6.03. The van der Waals surface area contributed by atoms with Crippen molar-refractivity contribution >= 4 is 33.2 Å². The molecule has 1 atom stereocenters. The van der Waals surface area contributed by atoms with Gasteiger partial charge in [-0.3, -0.25) is 4.99 Å². The van der Waals surface area contributed by atoms with Crippen molar-refractivity contribution in [3.8, 4) is 0 Å². The van der Waals surface area contributed by atoms with Crippen molar-refractivity contribution in [2.24, 2.45) is 10.7 Å². The van der Waals surface area contributed by atoms with Crippen LogP contribution in [0.15, 0.2) is 51.2 Å². The molecule has 1 unspecified atom stereocenters. The van der Waals surface area contributed by atoms with E-state index in [9.17, 15) is 0 Å². The van der Waals surface area contributed by atoms with E-state index >= 15 is 0 Å². The van der Waals surface area contributed by atoms with E-state index in [2.05, 4.69) is 62.2 Å². The number of aliphatic imine (C=N–C) groups is 1. The van der Waals surface area contributed by atoms with Crippen molar-refractivity contribution in [3.63, 3.8) is 0 Å². The molecule has 0 amide bonds. The molecule has 1 aromatic carbocycles. The van der Waals surface area contributed by atoms with E-state index in [1.807, 2.05) is 6.07 Å². The van der Waals surface area contributed by atoms with E-state index in [-0.39, 0.29) is 6.04 Å². The number of guanidine groups is 1. The summed E-state index contributed by atoms with van der Waals surface area (Å²) >= 11 is 5.26. The Labute approximate surface area is 124 Å². The first-order valence-electron chi connectivity index (χ1n) is 6.10. The molecular formula is C14H14BrN3S. The van der Waals surface area contributed by atoms with Crippen LogP contribution >= 0.6 is 27.3 Å². The number of rotatable bonds is 3. The third-order valence-corrected chi connectivity index (χ3v) is 4.94. The molecule has 0 saturated carbocycles. The summed E-state index contributed by atoms with van der Waals surface area (Å²) in [4.78, 5) is 7.86. The van der Waals surface area contributed by atoms with Gasteiger partial charge in [0.1, 0.15) is 0 Å². The van der Waals surface area contributed by atoms with Crippen LogP contribution < -0.4 is 5.73 Å². The van der Waals surface area contributed by atoms with Crippen LogP contribution in [0, 0.1) is 0 Å². The van der Waals surface area contributed by atoms with Crippen molar-refractivity contribution < 1.29 is 0 Å². The fourth-order valence-corrected chi connectivity index (χ4v) is 3.78. The zero-order valence-corrected chi connectivity index (χ0v) is 12.7. The number of hydrogen-bond acceptors (Lipinski definition) is 4. The second-order valence-corrected chi connectivity index (χ2v) is 6.96. The summed E-state index contributed by atoms with van der Waals surface area (Å²) in [6.07, 6.45) is 0. The van der Waals surface area contributed by atoms with Crippen LogP contribution in [0.25, 0.3) is 0 Å². The molecule has 1 aromatic heterocycles. The van der Waals surface area contributed by atoms with E-state index in [1.54, 1.807) is 11.3 Å². The summed E-state index contributed by atoms with van der Waals surface area (Å²) in [6, 6.07) is 14.8. The maximum absolute atomic E-state index is 6.03. The van der Waals surface area contributed by atoms with Crippen LogP contribution in [-0.2, 0) is 6.54 Å². The second kappa shape index (κ2) is 5.35. The summed E-state index contributed by atoms with van der Waals surface area (Å²) in [5.74, 6) is 0.637. The number of nitrogens with zero attached hydrogens (tertiary/aromatic N) is 2. The molecule has 2 heterocycles. The Kier molecular flexibility index (Phi) is 3.57. The van der Waals surface area contributed by atoms with Gasteiger partial charge in [-0.15, -0.1) is 11.3 Å². The average Bonchev–Trinajstić information content (AvgIpc) is 2.99. The average molecular weight is 336 g/mol. The van der Waals surface area contributed by atoms with Gasteiger partial charge in [-0.25, -0.2) is 0 Å². The lowest BCUT2D eigenvalue weighted by atomic mass is 10.1. The topological polar surface area (TPSA) is 41.6 Å². The van der Waals surface area contributed by atoms with Crippen molar-refractivity contribution in [1.29, 1.82) is 0 Å². The van der Waals surface area contributed by atoms with Crippen LogP contribution in [0.5, 0.6) is 0 Å². The van der Waals surface area contributed by atoms with Gasteiger partial charge < -0.3 is 10.6 Å². The molecular weight excluding hydrogens is 322 g/mol. The lowest BCUT2D eigenvalue weighted by Crippen LogP contribution is -2.35. The number of thiophene rings is 1. The summed E-state index contributed by atoms with van der Waals surface area (Å²) in [6.45, 7) is 1.54. The summed E-state index contributed by atoms with van der Waals surface area (Å²) in [5, 5.41) is 0. The highest BCUT2D eigenvalue weighted by molar-refractivity contribution is 9.11. The van der Waals surface area contributed by atoms with Gasteiger partial charge in [0.15, 0.2) is 5.96 Å². The van der Waals surface area contributed by atoms with Gasteiger partial charge in [-0.1, -0.05) is 30.3 Å². The normalized spacial score (nSPS) is 18.7. The Morgan fingerprint density at radius 3 is 2.74 bits per heavy atom. The monoisotopic (exact) mass is 335 g/mol. The van der Waals surface area contributed by atoms with Gasteiger partial charge in [-0.05, 0) is 33.6 Å². The molecule has 0 aliphatic carbocycles. The first-order chi connectivity index (χ1) is 9.24. The smallest absolute Gasteiger partial charge is 0.192 e. The Hall–Kier alpha value is -1.33. The number of hydrogen-bond donors (Lipinski definition) is 1. The quantitative estimate of drug-likeness (QED) is 0.934. The zero-order chi connectivity index (χ0) is 13.2. The minimum absolute atomic E-state index is 0.261. The van der Waals surface area contributed by atoms with E-state index in [4.69, 9.17) is 5.73 Å². The van der Waals surface area contributed by atoms with Crippen LogP contribution in [0.3, 0.4) is 0 Å². The lowest BCUT2D eigenvalue weighted by Gasteiger charge is -2.25. The SMILES string of the molecule is NC1=NCC(c2ccc(Br)s2)N1Cc1ccccc1. The summed E-state index contributed by atoms with van der Waals surface area (Å²) in [7, 11) is 0. The number of benzene rings is 1. The predicted octanol–water partition coefficient (Wildman–Crippen LogP) is 3.38. The Bertz CT molecular complexity index is 594. The van der Waals surface area contributed by atoms with Crippen molar-refractivity contribution in [2.75, 3.05) is 6.54 Å². The summed E-state index contributed by atoms with van der Waals surface area (Å²) in [5.41, 5.74) is 7.28. The highest BCUT2D eigenvalue weighted by Gasteiger charge is 2.28. The highest BCUT2D eigenvalue weighted by atomic mass is 79.9. The molecule has 0 spiro atoms. The molecule has 0 bridgehead atoms. The number of nitrogens with two attached hydrogens (primary N) is 1. The second-order valence-electron chi connectivity index (χ2n) is 4.47. The molecule has 19 heavy (non-hydrogen) atoms. The molecule has 98 valence electrons. The minimum atomic E-state index is 0.261. The van der Waals surface area contributed by atoms with Gasteiger partial charge in [-0.2, -0.15) is 0 Å². The van der Waals surface area contributed by atoms with Gasteiger partial charge in [0.25, 0.3) is 0 Å². The first-order valence-corrected chi connectivity index (χ1v) is 7.71. The van der Waals surface area contributed by atoms with Crippen molar-refractivity contribution in [1.82, 2.24) is 4.90 Å².